The van der Waals surface area contributed by atoms with Gasteiger partial charge >= 0.3 is 6.09 Å². The largest absolute Gasteiger partial charge is 0.445 e. The Morgan fingerprint density at radius 1 is 1.02 bits per heavy atom. The molecule has 2 atom stereocenters. The van der Waals surface area contributed by atoms with Crippen molar-refractivity contribution in [3.8, 4) is 0 Å². The summed E-state index contributed by atoms with van der Waals surface area (Å²) in [7, 11) is 0. The molecule has 2 aromatic carbocycles. The van der Waals surface area contributed by atoms with E-state index in [2.05, 4.69) is 20.6 Å². The number of pyridine rings is 1. The average molecular weight is 543 g/mol. The number of aromatic nitrogens is 2. The van der Waals surface area contributed by atoms with Crippen molar-refractivity contribution in [1.82, 2.24) is 20.6 Å². The molecule has 8 heteroatoms. The van der Waals surface area contributed by atoms with E-state index < -0.39 is 17.4 Å². The molecule has 1 aliphatic rings. The highest BCUT2D eigenvalue weighted by molar-refractivity contribution is 5.91. The zero-order chi connectivity index (χ0) is 28.0. The number of fused-ring (bicyclic) bond motifs is 1. The molecule has 1 saturated carbocycles. The Morgan fingerprint density at radius 3 is 2.55 bits per heavy atom. The number of para-hydroxylation sites is 1. The van der Waals surface area contributed by atoms with Gasteiger partial charge in [-0.2, -0.15) is 0 Å². The number of nitrogens with one attached hydrogen (secondary N) is 3. The number of amides is 2. The van der Waals surface area contributed by atoms with Crippen molar-refractivity contribution in [2.75, 3.05) is 0 Å². The van der Waals surface area contributed by atoms with E-state index in [1.165, 1.54) is 12.5 Å². The van der Waals surface area contributed by atoms with Gasteiger partial charge in [0.1, 0.15) is 18.0 Å². The van der Waals surface area contributed by atoms with E-state index in [0.717, 1.165) is 47.8 Å². The van der Waals surface area contributed by atoms with E-state index in [4.69, 9.17) is 4.74 Å². The molecule has 2 amide bonds. The molecule has 208 valence electrons. The quantitative estimate of drug-likeness (QED) is 0.229. The summed E-state index contributed by atoms with van der Waals surface area (Å²) in [6, 6.07) is 19.4. The molecule has 2 aromatic heterocycles. The van der Waals surface area contributed by atoms with Gasteiger partial charge in [-0.1, -0.05) is 61.7 Å². The third-order valence-electron chi connectivity index (χ3n) is 7.83. The van der Waals surface area contributed by atoms with E-state index >= 15 is 0 Å². The first-order chi connectivity index (χ1) is 19.4. The van der Waals surface area contributed by atoms with Crippen molar-refractivity contribution in [1.29, 1.82) is 0 Å². The highest BCUT2D eigenvalue weighted by atomic mass is 19.1. The molecule has 3 N–H and O–H groups in total. The lowest BCUT2D eigenvalue weighted by Crippen LogP contribution is -2.59. The molecular weight excluding hydrogens is 507 g/mol. The number of H-pyrrole nitrogens is 1. The van der Waals surface area contributed by atoms with Gasteiger partial charge in [-0.15, -0.1) is 0 Å². The normalized spacial score (nSPS) is 16.1. The van der Waals surface area contributed by atoms with Crippen molar-refractivity contribution in [3.05, 3.63) is 102 Å². The van der Waals surface area contributed by atoms with Crippen LogP contribution in [0.25, 0.3) is 10.9 Å². The number of rotatable bonds is 9. The van der Waals surface area contributed by atoms with Crippen LogP contribution in [0.4, 0.5) is 9.18 Å². The molecular formula is C32H35FN4O3. The van der Waals surface area contributed by atoms with Gasteiger partial charge in [0.05, 0.1) is 11.7 Å². The number of ether oxygens (including phenoxy) is 1. The number of hydrogen-bond acceptors (Lipinski definition) is 4. The lowest BCUT2D eigenvalue weighted by atomic mass is 9.81. The van der Waals surface area contributed by atoms with Gasteiger partial charge in [0, 0.05) is 35.3 Å². The fourth-order valence-corrected chi connectivity index (χ4v) is 5.62. The van der Waals surface area contributed by atoms with Crippen LogP contribution in [0.1, 0.15) is 61.9 Å². The van der Waals surface area contributed by atoms with Gasteiger partial charge in [0.2, 0.25) is 5.91 Å². The number of hydrogen-bond donors (Lipinski definition) is 3. The summed E-state index contributed by atoms with van der Waals surface area (Å²) in [5.41, 5.74) is 1.52. The zero-order valence-corrected chi connectivity index (χ0v) is 22.7. The van der Waals surface area contributed by atoms with Gasteiger partial charge < -0.3 is 20.4 Å². The molecule has 5 rings (SSSR count). The maximum Gasteiger partial charge on any atom is 0.408 e. The smallest absolute Gasteiger partial charge is 0.408 e. The number of carbonyl (C=O) groups is 2. The number of aromatic amines is 1. The van der Waals surface area contributed by atoms with Crippen molar-refractivity contribution < 1.29 is 18.7 Å². The lowest BCUT2D eigenvalue weighted by Gasteiger charge is -2.35. The Labute approximate surface area is 233 Å². The summed E-state index contributed by atoms with van der Waals surface area (Å²) in [4.78, 5) is 35.0. The molecule has 2 heterocycles. The Balaban J connectivity index is 1.41. The molecule has 0 aliphatic heterocycles. The third-order valence-corrected chi connectivity index (χ3v) is 7.83. The Bertz CT molecular complexity index is 1450. The van der Waals surface area contributed by atoms with Crippen LogP contribution in [0.2, 0.25) is 0 Å². The van der Waals surface area contributed by atoms with Gasteiger partial charge in [0.15, 0.2) is 0 Å². The summed E-state index contributed by atoms with van der Waals surface area (Å²) in [6.45, 7) is 1.45. The minimum Gasteiger partial charge on any atom is -0.445 e. The fraction of sp³-hybridized carbons (Fsp3) is 0.344. The molecule has 0 bridgehead atoms. The molecule has 4 aromatic rings. The standard InChI is InChI=1S/C32H35FN4O3/c1-32(19-24-20-35-27-16-8-6-14-25(24)27,37-31(39)40-21-23-13-5-7-15-26(23)33)30(38)36-29(22-11-3-2-4-12-22)28-17-9-10-18-34-28/h5-10,13-18,20,22,29,35H,2-4,11-12,19,21H2,1H3,(H,36,38)(H,37,39)/t29?,32-/m0/s1. The number of carbonyl (C=O) groups excluding carboxylic acids is 2. The fourth-order valence-electron chi connectivity index (χ4n) is 5.62. The lowest BCUT2D eigenvalue weighted by molar-refractivity contribution is -0.128. The Kier molecular flexibility index (Phi) is 8.43. The number of alkyl carbamates (subject to hydrolysis) is 1. The van der Waals surface area contributed by atoms with Crippen molar-refractivity contribution in [2.24, 2.45) is 5.92 Å². The van der Waals surface area contributed by atoms with Crippen LogP contribution in [0.5, 0.6) is 0 Å². The van der Waals surface area contributed by atoms with Crippen LogP contribution < -0.4 is 10.6 Å². The first-order valence-corrected chi connectivity index (χ1v) is 13.9. The highest BCUT2D eigenvalue weighted by Crippen LogP contribution is 2.34. The molecule has 0 saturated heterocycles. The Morgan fingerprint density at radius 2 is 1.77 bits per heavy atom. The minimum atomic E-state index is -1.36. The van der Waals surface area contributed by atoms with E-state index in [0.29, 0.717) is 0 Å². The van der Waals surface area contributed by atoms with Gasteiger partial charge in [-0.25, -0.2) is 9.18 Å². The third kappa shape index (κ3) is 6.33. The summed E-state index contributed by atoms with van der Waals surface area (Å²) in [5, 5.41) is 7.04. The van der Waals surface area contributed by atoms with E-state index in [1.54, 1.807) is 31.3 Å². The maximum absolute atomic E-state index is 14.1. The van der Waals surface area contributed by atoms with Gasteiger partial charge in [0.25, 0.3) is 0 Å². The minimum absolute atomic E-state index is 0.219. The van der Waals surface area contributed by atoms with Crippen LogP contribution in [0.15, 0.2) is 79.1 Å². The molecule has 1 unspecified atom stereocenters. The van der Waals surface area contributed by atoms with Crippen LogP contribution >= 0.6 is 0 Å². The number of benzene rings is 2. The average Bonchev–Trinajstić information content (AvgIpc) is 3.38. The molecule has 0 spiro atoms. The van der Waals surface area contributed by atoms with E-state index in [9.17, 15) is 14.0 Å². The summed E-state index contributed by atoms with van der Waals surface area (Å²) in [5.74, 6) is -0.542. The predicted octanol–water partition coefficient (Wildman–Crippen LogP) is 6.37. The van der Waals surface area contributed by atoms with Crippen molar-refractivity contribution in [3.63, 3.8) is 0 Å². The van der Waals surface area contributed by atoms with E-state index in [-0.39, 0.29) is 36.5 Å². The van der Waals surface area contributed by atoms with Crippen molar-refractivity contribution in [2.45, 2.75) is 63.6 Å². The molecule has 40 heavy (non-hydrogen) atoms. The van der Waals surface area contributed by atoms with Crippen molar-refractivity contribution >= 4 is 22.9 Å². The second kappa shape index (κ2) is 12.3. The second-order valence-electron chi connectivity index (χ2n) is 10.8. The molecule has 7 nitrogen and oxygen atoms in total. The summed E-state index contributed by atoms with van der Waals surface area (Å²) >= 11 is 0. The zero-order valence-electron chi connectivity index (χ0n) is 22.7. The first-order valence-electron chi connectivity index (χ1n) is 13.9. The summed E-state index contributed by atoms with van der Waals surface area (Å²) in [6.07, 6.45) is 8.42. The first kappa shape index (κ1) is 27.4. The maximum atomic E-state index is 14.1. The van der Waals surface area contributed by atoms with Crippen LogP contribution in [-0.2, 0) is 22.6 Å². The van der Waals surface area contributed by atoms with E-state index in [1.807, 2.05) is 48.7 Å². The second-order valence-corrected chi connectivity index (χ2v) is 10.8. The number of halogens is 1. The summed E-state index contributed by atoms with van der Waals surface area (Å²) < 4.78 is 19.5. The SMILES string of the molecule is C[C@@](Cc1c[nH]c2ccccc12)(NC(=O)OCc1ccccc1F)C(=O)NC(c1ccccn1)C1CCCCC1. The van der Waals surface area contributed by atoms with Crippen LogP contribution in [0, 0.1) is 11.7 Å². The molecule has 1 aliphatic carbocycles. The van der Waals surface area contributed by atoms with Gasteiger partial charge in [-0.05, 0) is 55.5 Å². The number of nitrogens with zero attached hydrogens (tertiary/aromatic N) is 1. The Hall–Kier alpha value is -4.20. The topological polar surface area (TPSA) is 96.1 Å². The molecule has 1 fully saturated rings. The highest BCUT2D eigenvalue weighted by Gasteiger charge is 2.39. The monoisotopic (exact) mass is 542 g/mol. The van der Waals surface area contributed by atoms with Crippen LogP contribution in [0.3, 0.4) is 0 Å². The predicted molar refractivity (Wildman–Crippen MR) is 152 cm³/mol. The van der Waals surface area contributed by atoms with Crippen LogP contribution in [-0.4, -0.2) is 27.5 Å². The molecule has 0 radical (unpaired) electrons. The van der Waals surface area contributed by atoms with Gasteiger partial charge in [-0.3, -0.25) is 9.78 Å².